The molecular formula is C25H42O2. The van der Waals surface area contributed by atoms with Gasteiger partial charge in [-0.15, -0.1) is 0 Å². The Hall–Kier alpha value is -1.02. The monoisotopic (exact) mass is 374 g/mol. The summed E-state index contributed by atoms with van der Waals surface area (Å²) in [5.74, 6) is 0.731. The summed E-state index contributed by atoms with van der Waals surface area (Å²) >= 11 is 0. The van der Waals surface area contributed by atoms with Crippen LogP contribution >= 0.6 is 0 Å². The van der Waals surface area contributed by atoms with Crippen LogP contribution in [-0.2, 0) is 5.41 Å². The molecule has 0 saturated heterocycles. The average molecular weight is 375 g/mol. The van der Waals surface area contributed by atoms with Gasteiger partial charge in [-0.3, -0.25) is 0 Å². The molecular weight excluding hydrogens is 332 g/mol. The number of aliphatic hydroxyl groups is 1. The van der Waals surface area contributed by atoms with Gasteiger partial charge in [-0.05, 0) is 54.2 Å². The first-order valence-corrected chi connectivity index (χ1v) is 11.5. The number of benzene rings is 1. The molecule has 2 rings (SSSR count). The molecule has 0 spiro atoms. The van der Waals surface area contributed by atoms with E-state index in [1.165, 1.54) is 63.4 Å². The Morgan fingerprint density at radius 2 is 1.63 bits per heavy atom. The lowest BCUT2D eigenvalue weighted by atomic mass is 9.77. The van der Waals surface area contributed by atoms with E-state index in [1.807, 2.05) is 6.07 Å². The highest BCUT2D eigenvalue weighted by Crippen LogP contribution is 2.40. The smallest absolute Gasteiger partial charge is 0.119 e. The summed E-state index contributed by atoms with van der Waals surface area (Å²) in [5.41, 5.74) is 2.37. The fourth-order valence-electron chi connectivity index (χ4n) is 4.60. The maximum absolute atomic E-state index is 10.6. The maximum atomic E-state index is 10.6. The standard InChI is InChI=1S/C25H42O2/c1-4-5-6-7-8-9-10-11-17-25(2,3)21-15-16-23(24(27)19-21)20-13-12-14-22(26)18-20/h15-16,19-20,22,26-27H,4-14,17-18H2,1-3H3/t20-,22+/m1/s1. The van der Waals surface area contributed by atoms with Crippen molar-refractivity contribution in [1.82, 2.24) is 0 Å². The zero-order valence-corrected chi connectivity index (χ0v) is 18.0. The van der Waals surface area contributed by atoms with Crippen molar-refractivity contribution in [3.63, 3.8) is 0 Å². The van der Waals surface area contributed by atoms with Crippen molar-refractivity contribution in [2.45, 2.75) is 122 Å². The summed E-state index contributed by atoms with van der Waals surface area (Å²) in [6, 6.07) is 6.31. The molecule has 0 heterocycles. The topological polar surface area (TPSA) is 40.5 Å². The second-order valence-corrected chi connectivity index (χ2v) is 9.40. The fraction of sp³-hybridized carbons (Fsp3) is 0.760. The van der Waals surface area contributed by atoms with Crippen molar-refractivity contribution < 1.29 is 10.2 Å². The first-order chi connectivity index (χ1) is 12.9. The van der Waals surface area contributed by atoms with Crippen molar-refractivity contribution in [3.8, 4) is 5.75 Å². The van der Waals surface area contributed by atoms with E-state index in [0.29, 0.717) is 11.7 Å². The van der Waals surface area contributed by atoms with Gasteiger partial charge in [0, 0.05) is 0 Å². The lowest BCUT2D eigenvalue weighted by molar-refractivity contribution is 0.119. The predicted octanol–water partition coefficient (Wildman–Crippen LogP) is 7.22. The van der Waals surface area contributed by atoms with Crippen LogP contribution in [0.2, 0.25) is 0 Å². The number of unbranched alkanes of at least 4 members (excludes halogenated alkanes) is 7. The summed E-state index contributed by atoms with van der Waals surface area (Å²) in [5, 5.41) is 20.6. The number of phenolic OH excluding ortho intramolecular Hbond substituents is 1. The highest BCUT2D eigenvalue weighted by molar-refractivity contribution is 5.41. The van der Waals surface area contributed by atoms with Gasteiger partial charge in [0.2, 0.25) is 0 Å². The van der Waals surface area contributed by atoms with E-state index in [-0.39, 0.29) is 11.5 Å². The largest absolute Gasteiger partial charge is 0.508 e. The number of hydrogen-bond donors (Lipinski definition) is 2. The van der Waals surface area contributed by atoms with Gasteiger partial charge in [0.25, 0.3) is 0 Å². The van der Waals surface area contributed by atoms with E-state index in [1.54, 1.807) is 0 Å². The summed E-state index contributed by atoms with van der Waals surface area (Å²) in [6.07, 6.45) is 15.6. The molecule has 1 aliphatic carbocycles. The summed E-state index contributed by atoms with van der Waals surface area (Å²) < 4.78 is 0. The van der Waals surface area contributed by atoms with E-state index in [9.17, 15) is 10.2 Å². The Labute approximate surface area is 167 Å². The van der Waals surface area contributed by atoms with Gasteiger partial charge < -0.3 is 10.2 Å². The zero-order chi connectivity index (χ0) is 19.7. The highest BCUT2D eigenvalue weighted by Gasteiger charge is 2.26. The van der Waals surface area contributed by atoms with Gasteiger partial charge in [0.05, 0.1) is 6.10 Å². The lowest BCUT2D eigenvalue weighted by Crippen LogP contribution is -2.19. The van der Waals surface area contributed by atoms with Crippen molar-refractivity contribution >= 4 is 0 Å². The summed E-state index contributed by atoms with van der Waals surface area (Å²) in [6.45, 7) is 6.87. The van der Waals surface area contributed by atoms with Gasteiger partial charge >= 0.3 is 0 Å². The summed E-state index contributed by atoms with van der Waals surface area (Å²) in [4.78, 5) is 0. The van der Waals surface area contributed by atoms with Crippen LogP contribution in [0.15, 0.2) is 18.2 Å². The van der Waals surface area contributed by atoms with Gasteiger partial charge in [0.1, 0.15) is 5.75 Å². The van der Waals surface area contributed by atoms with Gasteiger partial charge in [-0.2, -0.15) is 0 Å². The Kier molecular flexibility index (Phi) is 9.15. The molecule has 0 bridgehead atoms. The molecule has 0 amide bonds. The molecule has 1 saturated carbocycles. The second kappa shape index (κ2) is 11.1. The Balaban J connectivity index is 1.82. The molecule has 0 aromatic heterocycles. The third-order valence-corrected chi connectivity index (χ3v) is 6.55. The Morgan fingerprint density at radius 1 is 0.963 bits per heavy atom. The van der Waals surface area contributed by atoms with Crippen molar-refractivity contribution in [3.05, 3.63) is 29.3 Å². The van der Waals surface area contributed by atoms with Crippen LogP contribution in [0, 0.1) is 0 Å². The second-order valence-electron chi connectivity index (χ2n) is 9.40. The minimum atomic E-state index is -0.207. The molecule has 2 nitrogen and oxygen atoms in total. The zero-order valence-electron chi connectivity index (χ0n) is 18.0. The number of aliphatic hydroxyl groups excluding tert-OH is 1. The van der Waals surface area contributed by atoms with Crippen LogP contribution in [-0.4, -0.2) is 16.3 Å². The molecule has 1 aliphatic rings. The Morgan fingerprint density at radius 3 is 2.26 bits per heavy atom. The quantitative estimate of drug-likeness (QED) is 0.401. The third-order valence-electron chi connectivity index (χ3n) is 6.55. The van der Waals surface area contributed by atoms with Crippen molar-refractivity contribution in [1.29, 1.82) is 0 Å². The first kappa shape index (κ1) is 22.3. The molecule has 27 heavy (non-hydrogen) atoms. The molecule has 0 radical (unpaired) electrons. The molecule has 2 heteroatoms. The van der Waals surface area contributed by atoms with Crippen LogP contribution in [0.1, 0.15) is 121 Å². The van der Waals surface area contributed by atoms with Gasteiger partial charge in [-0.1, -0.05) is 90.7 Å². The Bertz CT molecular complexity index is 549. The van der Waals surface area contributed by atoms with E-state index >= 15 is 0 Å². The average Bonchev–Trinajstić information content (AvgIpc) is 2.63. The molecule has 2 atom stereocenters. The van der Waals surface area contributed by atoms with Crippen molar-refractivity contribution in [2.75, 3.05) is 0 Å². The molecule has 0 unspecified atom stereocenters. The van der Waals surface area contributed by atoms with Gasteiger partial charge in [0.15, 0.2) is 0 Å². The van der Waals surface area contributed by atoms with Gasteiger partial charge in [-0.25, -0.2) is 0 Å². The fourth-order valence-corrected chi connectivity index (χ4v) is 4.60. The van der Waals surface area contributed by atoms with Crippen molar-refractivity contribution in [2.24, 2.45) is 0 Å². The van der Waals surface area contributed by atoms with E-state index in [0.717, 1.165) is 31.2 Å². The predicted molar refractivity (Wildman–Crippen MR) is 116 cm³/mol. The molecule has 2 N–H and O–H groups in total. The minimum absolute atomic E-state index is 0.101. The van der Waals surface area contributed by atoms with Crippen LogP contribution in [0.5, 0.6) is 5.75 Å². The van der Waals surface area contributed by atoms with E-state index < -0.39 is 0 Å². The molecule has 0 aliphatic heterocycles. The van der Waals surface area contributed by atoms with Crippen LogP contribution in [0.3, 0.4) is 0 Å². The SMILES string of the molecule is CCCCCCCCCCC(C)(C)c1ccc([C@@H]2CCC[C@H](O)C2)c(O)c1. The maximum Gasteiger partial charge on any atom is 0.119 e. The number of aromatic hydroxyl groups is 1. The van der Waals surface area contributed by atoms with Crippen LogP contribution in [0.4, 0.5) is 0 Å². The number of phenols is 1. The van der Waals surface area contributed by atoms with E-state index in [2.05, 4.69) is 32.9 Å². The van der Waals surface area contributed by atoms with Crippen LogP contribution in [0.25, 0.3) is 0 Å². The molecule has 1 aromatic carbocycles. The number of rotatable bonds is 11. The van der Waals surface area contributed by atoms with E-state index in [4.69, 9.17) is 0 Å². The highest BCUT2D eigenvalue weighted by atomic mass is 16.3. The third kappa shape index (κ3) is 7.14. The molecule has 154 valence electrons. The molecule has 1 aromatic rings. The molecule has 1 fully saturated rings. The minimum Gasteiger partial charge on any atom is -0.508 e. The lowest BCUT2D eigenvalue weighted by Gasteiger charge is -2.29. The number of hydrogen-bond acceptors (Lipinski definition) is 2. The van der Waals surface area contributed by atoms with Crippen LogP contribution < -0.4 is 0 Å². The first-order valence-electron chi connectivity index (χ1n) is 11.5. The normalized spacial score (nSPS) is 20.7. The summed E-state index contributed by atoms with van der Waals surface area (Å²) in [7, 11) is 0.